The minimum atomic E-state index is 1.10. The van der Waals surface area contributed by atoms with Gasteiger partial charge in [-0.1, -0.05) is 158 Å². The highest BCUT2D eigenvalue weighted by molar-refractivity contribution is 7.25. The Morgan fingerprint density at radius 2 is 0.571 bits per heavy atom. The van der Waals surface area contributed by atoms with E-state index in [0.717, 1.165) is 17.1 Å². The average molecular weight is 732 g/mol. The first-order valence-corrected chi connectivity index (χ1v) is 19.9. The Hall–Kier alpha value is -7.00. The lowest BCUT2D eigenvalue weighted by Crippen LogP contribution is -2.09. The third-order valence-corrected chi connectivity index (χ3v) is 11.8. The molecule has 0 aliphatic heterocycles. The zero-order valence-electron chi connectivity index (χ0n) is 30.7. The first-order valence-electron chi connectivity index (χ1n) is 19.1. The van der Waals surface area contributed by atoms with Crippen molar-refractivity contribution < 1.29 is 0 Å². The molecule has 0 saturated carbocycles. The van der Waals surface area contributed by atoms with Gasteiger partial charge >= 0.3 is 0 Å². The fraction of sp³-hybridized carbons (Fsp3) is 0. The van der Waals surface area contributed by atoms with E-state index in [2.05, 4.69) is 229 Å². The molecule has 1 heterocycles. The second-order valence-electron chi connectivity index (χ2n) is 14.2. The number of hydrogen-bond acceptors (Lipinski definition) is 2. The summed E-state index contributed by atoms with van der Waals surface area (Å²) in [7, 11) is 0. The molecule has 0 fully saturated rings. The number of hydrogen-bond donors (Lipinski definition) is 0. The summed E-state index contributed by atoms with van der Waals surface area (Å²) in [5.74, 6) is 0. The molecule has 10 rings (SSSR count). The van der Waals surface area contributed by atoms with Crippen LogP contribution in [0.3, 0.4) is 0 Å². The molecule has 264 valence electrons. The van der Waals surface area contributed by atoms with Crippen molar-refractivity contribution in [2.24, 2.45) is 0 Å². The van der Waals surface area contributed by atoms with E-state index in [0.29, 0.717) is 0 Å². The Balaban J connectivity index is 1.03. The van der Waals surface area contributed by atoms with Gasteiger partial charge in [0.2, 0.25) is 0 Å². The van der Waals surface area contributed by atoms with Gasteiger partial charge in [-0.2, -0.15) is 0 Å². The number of fused-ring (bicyclic) bond motifs is 3. The molecule has 0 unspecified atom stereocenters. The van der Waals surface area contributed by atoms with Crippen LogP contribution in [0.25, 0.3) is 75.8 Å². The lowest BCUT2D eigenvalue weighted by atomic mass is 9.93. The summed E-state index contributed by atoms with van der Waals surface area (Å²) in [5, 5.41) is 2.65. The normalized spacial score (nSPS) is 11.2. The van der Waals surface area contributed by atoms with Gasteiger partial charge in [0.05, 0.1) is 0 Å². The lowest BCUT2D eigenvalue weighted by Gasteiger charge is -2.26. The third kappa shape index (κ3) is 6.57. The SMILES string of the molecule is c1ccc(-c2ccc(N(c3ccc(-c4cc(-c5ccccc5)cc(-c5ccccc5)c4)cc3)c3ccc(-c4ccc5c(c4)sc4ccccc45)cc3)cc2)cc1. The highest BCUT2D eigenvalue weighted by Gasteiger charge is 2.15. The maximum atomic E-state index is 2.35. The predicted octanol–water partition coefficient (Wildman–Crippen LogP) is 15.9. The van der Waals surface area contributed by atoms with E-state index in [1.807, 2.05) is 11.3 Å². The Morgan fingerprint density at radius 3 is 1.05 bits per heavy atom. The summed E-state index contributed by atoms with van der Waals surface area (Å²) in [6, 6.07) is 81.3. The summed E-state index contributed by atoms with van der Waals surface area (Å²) >= 11 is 1.86. The standard InChI is InChI=1S/C54H37NS/c1-4-12-38(13-5-1)41-20-27-48(28-21-41)55(49-29-22-42(23-30-49)44-26-33-52-51-18-10-11-19-53(51)56-54(52)37-44)50-31-24-43(25-32-50)47-35-45(39-14-6-2-7-15-39)34-46(36-47)40-16-8-3-9-17-40/h1-37H. The smallest absolute Gasteiger partial charge is 0.0462 e. The number of benzene rings is 9. The van der Waals surface area contributed by atoms with E-state index in [4.69, 9.17) is 0 Å². The molecule has 0 atom stereocenters. The fourth-order valence-corrected chi connectivity index (χ4v) is 8.93. The molecule has 0 amide bonds. The van der Waals surface area contributed by atoms with Crippen molar-refractivity contribution in [1.82, 2.24) is 0 Å². The van der Waals surface area contributed by atoms with Crippen LogP contribution in [0, 0.1) is 0 Å². The quantitative estimate of drug-likeness (QED) is 0.150. The van der Waals surface area contributed by atoms with Crippen molar-refractivity contribution in [2.75, 3.05) is 4.90 Å². The summed E-state index contributed by atoms with van der Waals surface area (Å²) in [6.07, 6.45) is 0. The lowest BCUT2D eigenvalue weighted by molar-refractivity contribution is 1.28. The van der Waals surface area contributed by atoms with E-state index in [1.165, 1.54) is 75.8 Å². The van der Waals surface area contributed by atoms with Gasteiger partial charge in [0.1, 0.15) is 0 Å². The van der Waals surface area contributed by atoms with Crippen LogP contribution < -0.4 is 4.90 Å². The Bertz CT molecular complexity index is 2850. The van der Waals surface area contributed by atoms with E-state index >= 15 is 0 Å². The van der Waals surface area contributed by atoms with Crippen molar-refractivity contribution in [3.63, 3.8) is 0 Å². The topological polar surface area (TPSA) is 3.24 Å². The van der Waals surface area contributed by atoms with E-state index in [1.54, 1.807) is 0 Å². The summed E-state index contributed by atoms with van der Waals surface area (Å²) in [4.78, 5) is 2.35. The Morgan fingerprint density at radius 1 is 0.232 bits per heavy atom. The van der Waals surface area contributed by atoms with E-state index < -0.39 is 0 Å². The Labute approximate surface area is 332 Å². The van der Waals surface area contributed by atoms with Crippen LogP contribution in [-0.4, -0.2) is 0 Å². The monoisotopic (exact) mass is 731 g/mol. The van der Waals surface area contributed by atoms with Crippen LogP contribution in [0.15, 0.2) is 224 Å². The number of thiophene rings is 1. The number of rotatable bonds is 8. The minimum Gasteiger partial charge on any atom is -0.311 e. The minimum absolute atomic E-state index is 1.10. The highest BCUT2D eigenvalue weighted by atomic mass is 32.1. The van der Waals surface area contributed by atoms with Gasteiger partial charge in [-0.25, -0.2) is 0 Å². The molecule has 1 nitrogen and oxygen atoms in total. The van der Waals surface area contributed by atoms with Gasteiger partial charge in [-0.15, -0.1) is 11.3 Å². The molecular formula is C54H37NS. The van der Waals surface area contributed by atoms with Crippen molar-refractivity contribution in [3.8, 4) is 55.6 Å². The average Bonchev–Trinajstić information content (AvgIpc) is 3.66. The largest absolute Gasteiger partial charge is 0.311 e. The molecule has 0 aliphatic carbocycles. The molecule has 0 bridgehead atoms. The summed E-state index contributed by atoms with van der Waals surface area (Å²) in [5.41, 5.74) is 15.3. The first kappa shape index (κ1) is 33.6. The maximum Gasteiger partial charge on any atom is 0.0462 e. The second-order valence-corrected chi connectivity index (χ2v) is 15.3. The van der Waals surface area contributed by atoms with Gasteiger partial charge in [0.25, 0.3) is 0 Å². The molecule has 9 aromatic carbocycles. The zero-order chi connectivity index (χ0) is 37.3. The molecule has 0 radical (unpaired) electrons. The van der Waals surface area contributed by atoms with Crippen LogP contribution >= 0.6 is 11.3 Å². The van der Waals surface area contributed by atoms with Gasteiger partial charge in [-0.05, 0) is 122 Å². The molecule has 0 aliphatic rings. The first-order chi connectivity index (χ1) is 27.7. The fourth-order valence-electron chi connectivity index (χ4n) is 7.78. The molecule has 56 heavy (non-hydrogen) atoms. The van der Waals surface area contributed by atoms with Gasteiger partial charge in [0, 0.05) is 37.2 Å². The van der Waals surface area contributed by atoms with Crippen LogP contribution in [0.1, 0.15) is 0 Å². The molecule has 10 aromatic rings. The van der Waals surface area contributed by atoms with Gasteiger partial charge in [0.15, 0.2) is 0 Å². The van der Waals surface area contributed by atoms with Crippen molar-refractivity contribution in [3.05, 3.63) is 224 Å². The summed E-state index contributed by atoms with van der Waals surface area (Å²) < 4.78 is 2.65. The van der Waals surface area contributed by atoms with Crippen LogP contribution in [0.5, 0.6) is 0 Å². The zero-order valence-corrected chi connectivity index (χ0v) is 31.5. The van der Waals surface area contributed by atoms with Crippen LogP contribution in [-0.2, 0) is 0 Å². The molecule has 0 saturated heterocycles. The van der Waals surface area contributed by atoms with Crippen molar-refractivity contribution in [2.45, 2.75) is 0 Å². The molecular weight excluding hydrogens is 695 g/mol. The third-order valence-electron chi connectivity index (χ3n) is 10.7. The maximum absolute atomic E-state index is 2.35. The van der Waals surface area contributed by atoms with Gasteiger partial charge < -0.3 is 4.90 Å². The molecule has 0 N–H and O–H groups in total. The highest BCUT2D eigenvalue weighted by Crippen LogP contribution is 2.40. The number of anilines is 3. The summed E-state index contributed by atoms with van der Waals surface area (Å²) in [6.45, 7) is 0. The van der Waals surface area contributed by atoms with Crippen LogP contribution in [0.2, 0.25) is 0 Å². The molecule has 2 heteroatoms. The van der Waals surface area contributed by atoms with E-state index in [-0.39, 0.29) is 0 Å². The molecule has 1 aromatic heterocycles. The number of nitrogens with zero attached hydrogens (tertiary/aromatic N) is 1. The predicted molar refractivity (Wildman–Crippen MR) is 241 cm³/mol. The van der Waals surface area contributed by atoms with E-state index in [9.17, 15) is 0 Å². The molecule has 0 spiro atoms. The van der Waals surface area contributed by atoms with Gasteiger partial charge in [-0.3, -0.25) is 0 Å². The van der Waals surface area contributed by atoms with Crippen molar-refractivity contribution >= 4 is 48.6 Å². The second kappa shape index (κ2) is 14.7. The van der Waals surface area contributed by atoms with Crippen LogP contribution in [0.4, 0.5) is 17.1 Å². The van der Waals surface area contributed by atoms with Crippen molar-refractivity contribution in [1.29, 1.82) is 0 Å². The Kier molecular flexibility index (Phi) is 8.79.